The van der Waals surface area contributed by atoms with Crippen LogP contribution in [0.3, 0.4) is 0 Å². The molecule has 0 aromatic heterocycles. The Balaban J connectivity index is 1.64. The van der Waals surface area contributed by atoms with Crippen LogP contribution in [0.25, 0.3) is 10.8 Å². The van der Waals surface area contributed by atoms with Crippen LogP contribution in [-0.4, -0.2) is 35.3 Å². The summed E-state index contributed by atoms with van der Waals surface area (Å²) >= 11 is 0. The van der Waals surface area contributed by atoms with Crippen LogP contribution in [0.1, 0.15) is 18.4 Å². The summed E-state index contributed by atoms with van der Waals surface area (Å²) in [7, 11) is -2.00. The molecule has 29 heavy (non-hydrogen) atoms. The molecule has 0 aliphatic carbocycles. The Morgan fingerprint density at radius 3 is 2.41 bits per heavy atom. The quantitative estimate of drug-likeness (QED) is 0.669. The zero-order valence-corrected chi connectivity index (χ0v) is 17.2. The van der Waals surface area contributed by atoms with Crippen molar-refractivity contribution >= 4 is 20.8 Å². The van der Waals surface area contributed by atoms with E-state index in [1.54, 1.807) is 19.2 Å². The van der Waals surface area contributed by atoms with Gasteiger partial charge in [0.05, 0.1) is 12.0 Å². The standard InChI is InChI=1S/C23H25NO4S/c1-27-22-9-5-4-8-21(22)23(12-14-28-15-13-23)17-24-29(25,26)20-11-10-18-6-2-3-7-19(18)16-20/h2-11,16,24H,12-15,17H2,1H3. The van der Waals surface area contributed by atoms with Gasteiger partial charge in [-0.2, -0.15) is 0 Å². The molecule has 5 nitrogen and oxygen atoms in total. The van der Waals surface area contributed by atoms with E-state index < -0.39 is 10.0 Å². The fourth-order valence-electron chi connectivity index (χ4n) is 4.04. The second-order valence-corrected chi connectivity index (χ2v) is 9.19. The van der Waals surface area contributed by atoms with Crippen molar-refractivity contribution in [3.05, 3.63) is 72.3 Å². The van der Waals surface area contributed by atoms with Gasteiger partial charge in [0.1, 0.15) is 5.75 Å². The van der Waals surface area contributed by atoms with E-state index in [0.717, 1.165) is 34.9 Å². The predicted octanol–water partition coefficient (Wildman–Crippen LogP) is 3.88. The minimum Gasteiger partial charge on any atom is -0.496 e. The summed E-state index contributed by atoms with van der Waals surface area (Å²) < 4.78 is 40.1. The first-order valence-electron chi connectivity index (χ1n) is 9.74. The molecule has 3 aromatic carbocycles. The summed E-state index contributed by atoms with van der Waals surface area (Å²) in [6, 6.07) is 20.8. The Morgan fingerprint density at radius 2 is 1.66 bits per heavy atom. The maximum Gasteiger partial charge on any atom is 0.240 e. The van der Waals surface area contributed by atoms with Crippen LogP contribution in [-0.2, 0) is 20.2 Å². The Kier molecular flexibility index (Phi) is 5.58. The summed E-state index contributed by atoms with van der Waals surface area (Å²) in [6.45, 7) is 1.48. The van der Waals surface area contributed by atoms with Gasteiger partial charge in [-0.15, -0.1) is 0 Å². The molecule has 4 rings (SSSR count). The number of methoxy groups -OCH3 is 1. The van der Waals surface area contributed by atoms with Crippen LogP contribution < -0.4 is 9.46 Å². The van der Waals surface area contributed by atoms with Crippen LogP contribution in [0, 0.1) is 0 Å². The minimum atomic E-state index is -3.65. The van der Waals surface area contributed by atoms with Crippen molar-refractivity contribution in [1.82, 2.24) is 4.72 Å². The third kappa shape index (κ3) is 4.01. The second-order valence-electron chi connectivity index (χ2n) is 7.43. The molecule has 1 saturated heterocycles. The van der Waals surface area contributed by atoms with Gasteiger partial charge >= 0.3 is 0 Å². The number of fused-ring (bicyclic) bond motifs is 1. The molecule has 1 N–H and O–H groups in total. The molecule has 0 saturated carbocycles. The summed E-state index contributed by atoms with van der Waals surface area (Å²) in [4.78, 5) is 0.276. The van der Waals surface area contributed by atoms with Crippen LogP contribution in [0.15, 0.2) is 71.6 Å². The van der Waals surface area contributed by atoms with Gasteiger partial charge in [0, 0.05) is 30.7 Å². The Bertz CT molecular complexity index is 1100. The van der Waals surface area contributed by atoms with Gasteiger partial charge in [0.2, 0.25) is 10.0 Å². The van der Waals surface area contributed by atoms with E-state index in [1.807, 2.05) is 54.6 Å². The molecule has 3 aromatic rings. The van der Waals surface area contributed by atoms with Crippen molar-refractivity contribution in [2.75, 3.05) is 26.9 Å². The molecule has 6 heteroatoms. The fourth-order valence-corrected chi connectivity index (χ4v) is 5.20. The number of sulfonamides is 1. The molecule has 1 aliphatic heterocycles. The Morgan fingerprint density at radius 1 is 0.966 bits per heavy atom. The first-order chi connectivity index (χ1) is 14.0. The van der Waals surface area contributed by atoms with Gasteiger partial charge in [0.15, 0.2) is 0 Å². The molecule has 0 atom stereocenters. The molecule has 1 aliphatic rings. The van der Waals surface area contributed by atoms with Gasteiger partial charge in [-0.3, -0.25) is 0 Å². The van der Waals surface area contributed by atoms with Crippen LogP contribution in [0.4, 0.5) is 0 Å². The van der Waals surface area contributed by atoms with E-state index in [2.05, 4.69) is 4.72 Å². The number of hydrogen-bond donors (Lipinski definition) is 1. The van der Waals surface area contributed by atoms with Crippen molar-refractivity contribution in [3.8, 4) is 5.75 Å². The molecule has 0 spiro atoms. The summed E-state index contributed by atoms with van der Waals surface area (Å²) in [5, 5.41) is 1.92. The lowest BCUT2D eigenvalue weighted by molar-refractivity contribution is 0.0509. The fraction of sp³-hybridized carbons (Fsp3) is 0.304. The van der Waals surface area contributed by atoms with E-state index in [9.17, 15) is 8.42 Å². The highest BCUT2D eigenvalue weighted by atomic mass is 32.2. The number of rotatable bonds is 6. The lowest BCUT2D eigenvalue weighted by Crippen LogP contribution is -2.44. The van der Waals surface area contributed by atoms with Crippen LogP contribution in [0.5, 0.6) is 5.75 Å². The molecule has 152 valence electrons. The summed E-state index contributed by atoms with van der Waals surface area (Å²) in [6.07, 6.45) is 1.46. The zero-order chi connectivity index (χ0) is 20.3. The van der Waals surface area contributed by atoms with Crippen LogP contribution >= 0.6 is 0 Å². The molecule has 0 radical (unpaired) electrons. The number of nitrogens with one attached hydrogen (secondary N) is 1. The maximum atomic E-state index is 13.1. The highest BCUT2D eigenvalue weighted by Gasteiger charge is 2.37. The summed E-state index contributed by atoms with van der Waals surface area (Å²) in [5.74, 6) is 0.777. The van der Waals surface area contributed by atoms with E-state index in [1.165, 1.54) is 0 Å². The van der Waals surface area contributed by atoms with E-state index in [0.29, 0.717) is 19.8 Å². The van der Waals surface area contributed by atoms with Crippen molar-refractivity contribution in [2.45, 2.75) is 23.2 Å². The first kappa shape index (κ1) is 19.9. The molecular weight excluding hydrogens is 386 g/mol. The second kappa shape index (κ2) is 8.14. The van der Waals surface area contributed by atoms with Crippen molar-refractivity contribution in [3.63, 3.8) is 0 Å². The lowest BCUT2D eigenvalue weighted by Gasteiger charge is -2.38. The Labute approximate surface area is 171 Å². The zero-order valence-electron chi connectivity index (χ0n) is 16.4. The molecule has 1 heterocycles. The lowest BCUT2D eigenvalue weighted by atomic mass is 9.74. The van der Waals surface area contributed by atoms with Gasteiger partial charge in [0.25, 0.3) is 0 Å². The molecule has 1 fully saturated rings. The topological polar surface area (TPSA) is 64.6 Å². The number of hydrogen-bond acceptors (Lipinski definition) is 4. The van der Waals surface area contributed by atoms with Gasteiger partial charge < -0.3 is 9.47 Å². The van der Waals surface area contributed by atoms with E-state index in [-0.39, 0.29) is 10.3 Å². The van der Waals surface area contributed by atoms with Gasteiger partial charge in [-0.25, -0.2) is 13.1 Å². The number of para-hydroxylation sites is 1. The van der Waals surface area contributed by atoms with E-state index in [4.69, 9.17) is 9.47 Å². The van der Waals surface area contributed by atoms with E-state index >= 15 is 0 Å². The molecule has 0 unspecified atom stereocenters. The van der Waals surface area contributed by atoms with Crippen LogP contribution in [0.2, 0.25) is 0 Å². The summed E-state index contributed by atoms with van der Waals surface area (Å²) in [5.41, 5.74) is 0.654. The van der Waals surface area contributed by atoms with Crippen molar-refractivity contribution < 1.29 is 17.9 Å². The third-order valence-electron chi connectivity index (χ3n) is 5.76. The van der Waals surface area contributed by atoms with Crippen molar-refractivity contribution in [2.24, 2.45) is 0 Å². The normalized spacial score (nSPS) is 16.6. The number of benzene rings is 3. The molecule has 0 amide bonds. The largest absolute Gasteiger partial charge is 0.496 e. The third-order valence-corrected chi connectivity index (χ3v) is 7.16. The average molecular weight is 412 g/mol. The smallest absolute Gasteiger partial charge is 0.240 e. The predicted molar refractivity (Wildman–Crippen MR) is 114 cm³/mol. The van der Waals surface area contributed by atoms with Crippen molar-refractivity contribution in [1.29, 1.82) is 0 Å². The number of ether oxygens (including phenoxy) is 2. The Hall–Kier alpha value is -2.41. The molecule has 0 bridgehead atoms. The first-order valence-corrected chi connectivity index (χ1v) is 11.2. The highest BCUT2D eigenvalue weighted by Crippen LogP contribution is 2.39. The minimum absolute atomic E-state index is 0.276. The van der Waals surface area contributed by atoms with Gasteiger partial charge in [-0.05, 0) is 41.8 Å². The SMILES string of the molecule is COc1ccccc1C1(CNS(=O)(=O)c2ccc3ccccc3c2)CCOCC1. The average Bonchev–Trinajstić information content (AvgIpc) is 2.78. The van der Waals surface area contributed by atoms with Gasteiger partial charge in [-0.1, -0.05) is 48.5 Å². The highest BCUT2D eigenvalue weighted by molar-refractivity contribution is 7.89. The maximum absolute atomic E-state index is 13.1. The monoisotopic (exact) mass is 411 g/mol. The molecular formula is C23H25NO4S.